The summed E-state index contributed by atoms with van der Waals surface area (Å²) in [6.07, 6.45) is 12.4. The molecule has 7 heteroatoms. The monoisotopic (exact) mass is 427 g/mol. The number of carboxylic acid groups (broad SMARTS) is 2. The van der Waals surface area contributed by atoms with Crippen molar-refractivity contribution in [2.45, 2.75) is 90.5 Å². The van der Waals surface area contributed by atoms with Gasteiger partial charge in [0.15, 0.2) is 0 Å². The largest absolute Gasteiger partial charge is 0.544 e. The van der Waals surface area contributed by atoms with Crippen molar-refractivity contribution in [3.63, 3.8) is 0 Å². The lowest BCUT2D eigenvalue weighted by Gasteiger charge is -2.29. The van der Waals surface area contributed by atoms with Crippen molar-refractivity contribution in [3.05, 3.63) is 0 Å². The SMILES string of the molecule is CCCCCCCCCC1=NCCN1C(CCC)CC(=O)O.C[N+](C)(C)CC(=O)[O-]. The molecule has 0 saturated carbocycles. The maximum atomic E-state index is 11.1. The van der Waals surface area contributed by atoms with E-state index >= 15 is 0 Å². The van der Waals surface area contributed by atoms with E-state index in [1.54, 1.807) is 21.1 Å². The molecule has 0 radical (unpaired) electrons. The van der Waals surface area contributed by atoms with Gasteiger partial charge in [0.1, 0.15) is 6.54 Å². The van der Waals surface area contributed by atoms with E-state index in [1.807, 2.05) is 0 Å². The van der Waals surface area contributed by atoms with Crippen LogP contribution in [0.15, 0.2) is 4.99 Å². The number of amidine groups is 1. The number of unbranched alkanes of at least 4 members (excludes halogenated alkanes) is 6. The lowest BCUT2D eigenvalue weighted by Crippen LogP contribution is -2.45. The molecule has 1 heterocycles. The molecule has 0 aromatic heterocycles. The maximum absolute atomic E-state index is 11.1. The lowest BCUT2D eigenvalue weighted by molar-refractivity contribution is -0.864. The first kappa shape index (κ1) is 28.4. The summed E-state index contributed by atoms with van der Waals surface area (Å²) in [7, 11) is 5.40. The van der Waals surface area contributed by atoms with Crippen molar-refractivity contribution in [3.8, 4) is 0 Å². The van der Waals surface area contributed by atoms with E-state index in [0.717, 1.165) is 38.2 Å². The zero-order valence-electron chi connectivity index (χ0n) is 20.0. The van der Waals surface area contributed by atoms with Crippen molar-refractivity contribution in [1.82, 2.24) is 4.90 Å². The van der Waals surface area contributed by atoms with Gasteiger partial charge in [-0.3, -0.25) is 9.79 Å². The molecule has 7 nitrogen and oxygen atoms in total. The van der Waals surface area contributed by atoms with Gasteiger partial charge in [-0.05, 0) is 12.8 Å². The average molecular weight is 428 g/mol. The van der Waals surface area contributed by atoms with E-state index in [-0.39, 0.29) is 19.0 Å². The number of quaternary nitrogens is 1. The highest BCUT2D eigenvalue weighted by Crippen LogP contribution is 2.19. The molecule has 0 saturated heterocycles. The number of likely N-dealkylation sites (N-methyl/N-ethyl adjacent to an activating group) is 1. The number of aliphatic carboxylic acids is 2. The summed E-state index contributed by atoms with van der Waals surface area (Å²) >= 11 is 0. The summed E-state index contributed by atoms with van der Waals surface area (Å²) in [6.45, 7) is 6.18. The fourth-order valence-electron chi connectivity index (χ4n) is 3.65. The predicted octanol–water partition coefficient (Wildman–Crippen LogP) is 2.93. The van der Waals surface area contributed by atoms with Crippen molar-refractivity contribution in [1.29, 1.82) is 0 Å². The number of rotatable bonds is 15. The molecular formula is C23H45N3O4. The molecule has 176 valence electrons. The summed E-state index contributed by atoms with van der Waals surface area (Å²) in [5, 5.41) is 19.0. The van der Waals surface area contributed by atoms with Crippen molar-refractivity contribution in [2.24, 2.45) is 4.99 Å². The summed E-state index contributed by atoms with van der Waals surface area (Å²) in [6, 6.07) is 0.133. The van der Waals surface area contributed by atoms with Gasteiger partial charge >= 0.3 is 5.97 Å². The second-order valence-electron chi connectivity index (χ2n) is 9.22. The fraction of sp³-hybridized carbons (Fsp3) is 0.870. The molecule has 0 aromatic carbocycles. The minimum Gasteiger partial charge on any atom is -0.544 e. The normalized spacial score (nSPS) is 14.7. The number of nitrogens with zero attached hydrogens (tertiary/aromatic N) is 3. The van der Waals surface area contributed by atoms with Gasteiger partial charge in [-0.2, -0.15) is 0 Å². The van der Waals surface area contributed by atoms with Crippen LogP contribution < -0.4 is 5.11 Å². The Labute approximate surface area is 183 Å². The van der Waals surface area contributed by atoms with Gasteiger partial charge < -0.3 is 24.4 Å². The Morgan fingerprint density at radius 2 is 1.67 bits per heavy atom. The number of carboxylic acids is 2. The van der Waals surface area contributed by atoms with E-state index in [4.69, 9.17) is 5.11 Å². The van der Waals surface area contributed by atoms with Crippen LogP contribution in [-0.2, 0) is 9.59 Å². The molecule has 0 aliphatic carbocycles. The van der Waals surface area contributed by atoms with Crippen LogP contribution in [-0.4, -0.2) is 79.1 Å². The van der Waals surface area contributed by atoms with Crippen LogP contribution in [0.4, 0.5) is 0 Å². The van der Waals surface area contributed by atoms with Crippen LogP contribution in [0.5, 0.6) is 0 Å². The highest BCUT2D eigenvalue weighted by atomic mass is 16.4. The Morgan fingerprint density at radius 1 is 1.07 bits per heavy atom. The predicted molar refractivity (Wildman–Crippen MR) is 120 cm³/mol. The average Bonchev–Trinajstić information content (AvgIpc) is 3.07. The Kier molecular flexibility index (Phi) is 15.2. The highest BCUT2D eigenvalue weighted by molar-refractivity contribution is 5.84. The van der Waals surface area contributed by atoms with Gasteiger partial charge in [0.2, 0.25) is 0 Å². The first-order valence-electron chi connectivity index (χ1n) is 11.6. The van der Waals surface area contributed by atoms with Crippen LogP contribution in [0.3, 0.4) is 0 Å². The summed E-state index contributed by atoms with van der Waals surface area (Å²) < 4.78 is 0.419. The molecule has 30 heavy (non-hydrogen) atoms. The van der Waals surface area contributed by atoms with Crippen LogP contribution in [0, 0.1) is 0 Å². The smallest absolute Gasteiger partial charge is 0.305 e. The van der Waals surface area contributed by atoms with E-state index in [1.165, 1.54) is 44.9 Å². The molecule has 0 bridgehead atoms. The van der Waals surface area contributed by atoms with Gasteiger partial charge in [-0.25, -0.2) is 0 Å². The molecule has 0 aromatic rings. The van der Waals surface area contributed by atoms with E-state index in [9.17, 15) is 14.7 Å². The number of hydrogen-bond donors (Lipinski definition) is 1. The Bertz CT molecular complexity index is 515. The molecule has 1 unspecified atom stereocenters. The first-order valence-corrected chi connectivity index (χ1v) is 11.6. The summed E-state index contributed by atoms with van der Waals surface area (Å²) in [5.41, 5.74) is 0. The molecule has 0 spiro atoms. The van der Waals surface area contributed by atoms with Gasteiger partial charge in [0.25, 0.3) is 0 Å². The maximum Gasteiger partial charge on any atom is 0.305 e. The molecular weight excluding hydrogens is 382 g/mol. The topological polar surface area (TPSA) is 93.0 Å². The number of carbonyl (C=O) groups excluding carboxylic acids is 1. The standard InChI is InChI=1S/C18H34N2O2.C5H11NO2/c1-3-5-6-7-8-9-10-12-17-19-13-14-20(17)16(11-4-2)15-18(21)22;1-6(2,3)4-5(7)8/h16H,3-15H2,1-2H3,(H,21,22);4H2,1-3H3. The minimum atomic E-state index is -1.00. The Morgan fingerprint density at radius 3 is 2.13 bits per heavy atom. The molecule has 1 atom stereocenters. The number of carbonyl (C=O) groups is 2. The van der Waals surface area contributed by atoms with Crippen LogP contribution >= 0.6 is 0 Å². The minimum absolute atomic E-state index is 0.0694. The number of aliphatic imine (C=N–C) groups is 1. The molecule has 1 aliphatic rings. The molecule has 0 amide bonds. The molecule has 1 N–H and O–H groups in total. The van der Waals surface area contributed by atoms with Crippen molar-refractivity contribution >= 4 is 17.8 Å². The first-order chi connectivity index (χ1) is 14.1. The second-order valence-corrected chi connectivity index (χ2v) is 9.22. The van der Waals surface area contributed by atoms with Gasteiger partial charge in [0.05, 0.1) is 45.9 Å². The summed E-state index contributed by atoms with van der Waals surface area (Å²) in [5.74, 6) is -0.536. The third-order valence-electron chi connectivity index (χ3n) is 5.05. The van der Waals surface area contributed by atoms with E-state index in [0.29, 0.717) is 4.48 Å². The van der Waals surface area contributed by atoms with E-state index in [2.05, 4.69) is 23.7 Å². The fourth-order valence-corrected chi connectivity index (χ4v) is 3.65. The van der Waals surface area contributed by atoms with Gasteiger partial charge in [-0.15, -0.1) is 0 Å². The second kappa shape index (κ2) is 16.1. The van der Waals surface area contributed by atoms with Crippen LogP contribution in [0.2, 0.25) is 0 Å². The van der Waals surface area contributed by atoms with Gasteiger partial charge in [0, 0.05) is 19.0 Å². The zero-order valence-corrected chi connectivity index (χ0v) is 20.0. The third-order valence-corrected chi connectivity index (χ3v) is 5.05. The molecule has 0 fully saturated rings. The third kappa shape index (κ3) is 15.2. The molecule has 1 aliphatic heterocycles. The number of hydrogen-bond acceptors (Lipinski definition) is 5. The van der Waals surface area contributed by atoms with Crippen LogP contribution in [0.25, 0.3) is 0 Å². The summed E-state index contributed by atoms with van der Waals surface area (Å²) in [4.78, 5) is 27.9. The Balaban J connectivity index is 0.000000890. The quantitative estimate of drug-likeness (QED) is 0.320. The van der Waals surface area contributed by atoms with E-state index < -0.39 is 11.9 Å². The van der Waals surface area contributed by atoms with Gasteiger partial charge in [-0.1, -0.05) is 58.8 Å². The lowest BCUT2D eigenvalue weighted by atomic mass is 10.0. The van der Waals surface area contributed by atoms with Crippen molar-refractivity contribution < 1.29 is 24.3 Å². The zero-order chi connectivity index (χ0) is 23.0. The highest BCUT2D eigenvalue weighted by Gasteiger charge is 2.26. The molecule has 1 rings (SSSR count). The Hall–Kier alpha value is -1.63. The van der Waals surface area contributed by atoms with Crippen molar-refractivity contribution in [2.75, 3.05) is 40.8 Å². The van der Waals surface area contributed by atoms with Crippen LogP contribution in [0.1, 0.15) is 84.5 Å².